The lowest BCUT2D eigenvalue weighted by molar-refractivity contribution is -0.168. The first-order valence-electron chi connectivity index (χ1n) is 7.55. The second-order valence-corrected chi connectivity index (χ2v) is 5.96. The summed E-state index contributed by atoms with van der Waals surface area (Å²) in [6.45, 7) is 2.08. The van der Waals surface area contributed by atoms with Gasteiger partial charge in [0.25, 0.3) is 11.8 Å². The molecule has 2 heterocycles. The minimum Gasteiger partial charge on any atom is -0.339 e. The molecule has 1 aliphatic carbocycles. The van der Waals surface area contributed by atoms with Gasteiger partial charge < -0.3 is 9.36 Å². The Labute approximate surface area is 136 Å². The Morgan fingerprint density at radius 2 is 1.92 bits per heavy atom. The molecule has 122 valence electrons. The van der Waals surface area contributed by atoms with Gasteiger partial charge in [-0.15, -0.1) is 0 Å². The summed E-state index contributed by atoms with van der Waals surface area (Å²) in [5, 5.41) is 4.30. The lowest BCUT2D eigenvalue weighted by Gasteiger charge is -2.11. The zero-order chi connectivity index (χ0) is 16.8. The Kier molecular flexibility index (Phi) is 3.19. The molecule has 2 amide bonds. The summed E-state index contributed by atoms with van der Waals surface area (Å²) in [7, 11) is 0. The van der Waals surface area contributed by atoms with Gasteiger partial charge >= 0.3 is 5.97 Å². The van der Waals surface area contributed by atoms with Crippen LogP contribution in [0.3, 0.4) is 0 Å². The minimum atomic E-state index is -0.816. The van der Waals surface area contributed by atoms with Crippen LogP contribution in [-0.2, 0) is 16.1 Å². The van der Waals surface area contributed by atoms with Crippen molar-refractivity contribution in [3.63, 3.8) is 0 Å². The highest BCUT2D eigenvalue weighted by atomic mass is 16.7. The van der Waals surface area contributed by atoms with E-state index in [1.807, 2.05) is 0 Å². The summed E-state index contributed by atoms with van der Waals surface area (Å²) in [4.78, 5) is 45.2. The molecule has 0 radical (unpaired) electrons. The summed E-state index contributed by atoms with van der Waals surface area (Å²) in [5.41, 5.74) is 0.413. The van der Waals surface area contributed by atoms with Crippen molar-refractivity contribution in [2.75, 3.05) is 0 Å². The van der Waals surface area contributed by atoms with Gasteiger partial charge in [-0.1, -0.05) is 29.3 Å². The van der Waals surface area contributed by atoms with E-state index in [9.17, 15) is 14.4 Å². The number of hydrogen-bond donors (Lipinski definition) is 0. The van der Waals surface area contributed by atoms with Crippen LogP contribution in [0.1, 0.15) is 51.7 Å². The maximum absolute atomic E-state index is 12.1. The molecular weight excluding hydrogens is 314 g/mol. The summed E-state index contributed by atoms with van der Waals surface area (Å²) >= 11 is 0. The van der Waals surface area contributed by atoms with Crippen molar-refractivity contribution < 1.29 is 23.7 Å². The van der Waals surface area contributed by atoms with E-state index < -0.39 is 17.8 Å². The molecule has 0 N–H and O–H groups in total. The number of hydroxylamine groups is 2. The molecule has 1 saturated carbocycles. The molecule has 1 aromatic heterocycles. The van der Waals surface area contributed by atoms with Crippen LogP contribution in [-0.4, -0.2) is 33.0 Å². The van der Waals surface area contributed by atoms with E-state index in [0.29, 0.717) is 16.8 Å². The van der Waals surface area contributed by atoms with Gasteiger partial charge in [0.05, 0.1) is 11.1 Å². The van der Waals surface area contributed by atoms with Gasteiger partial charge in [0, 0.05) is 5.92 Å². The monoisotopic (exact) mass is 327 g/mol. The molecule has 1 fully saturated rings. The van der Waals surface area contributed by atoms with Crippen molar-refractivity contribution in [1.82, 2.24) is 15.2 Å². The smallest absolute Gasteiger partial charge is 0.339 e. The predicted molar refractivity (Wildman–Crippen MR) is 77.6 cm³/mol. The second-order valence-electron chi connectivity index (χ2n) is 5.96. The van der Waals surface area contributed by atoms with E-state index in [1.54, 1.807) is 12.1 Å². The molecule has 1 aliphatic heterocycles. The first-order chi connectivity index (χ1) is 11.5. The zero-order valence-corrected chi connectivity index (χ0v) is 12.8. The minimum absolute atomic E-state index is 0.103. The molecule has 2 unspecified atom stereocenters. The fourth-order valence-electron chi connectivity index (χ4n) is 2.68. The Morgan fingerprint density at radius 1 is 1.29 bits per heavy atom. The number of fused-ring (bicyclic) bond motifs is 1. The van der Waals surface area contributed by atoms with Crippen LogP contribution < -0.4 is 0 Å². The number of imide groups is 1. The molecule has 8 heteroatoms. The van der Waals surface area contributed by atoms with E-state index in [1.165, 1.54) is 12.1 Å². The van der Waals surface area contributed by atoms with Crippen LogP contribution >= 0.6 is 0 Å². The van der Waals surface area contributed by atoms with Gasteiger partial charge in [-0.05, 0) is 24.5 Å². The summed E-state index contributed by atoms with van der Waals surface area (Å²) in [6.07, 6.45) is 0.694. The van der Waals surface area contributed by atoms with E-state index >= 15 is 0 Å². The average Bonchev–Trinajstić information content (AvgIpc) is 3.04. The molecule has 0 saturated heterocycles. The van der Waals surface area contributed by atoms with Crippen molar-refractivity contribution in [1.29, 1.82) is 0 Å². The number of rotatable bonds is 4. The van der Waals surface area contributed by atoms with Crippen LogP contribution in [0.4, 0.5) is 0 Å². The summed E-state index contributed by atoms with van der Waals surface area (Å²) < 4.78 is 5.01. The third-order valence-electron chi connectivity index (χ3n) is 4.17. The number of benzene rings is 1. The van der Waals surface area contributed by atoms with Gasteiger partial charge in [-0.2, -0.15) is 4.98 Å². The Morgan fingerprint density at radius 3 is 2.50 bits per heavy atom. The Balaban J connectivity index is 1.43. The van der Waals surface area contributed by atoms with Crippen LogP contribution in [0, 0.1) is 5.92 Å². The number of nitrogens with zero attached hydrogens (tertiary/aromatic N) is 3. The van der Waals surface area contributed by atoms with E-state index in [0.717, 1.165) is 6.42 Å². The lowest BCUT2D eigenvalue weighted by atomic mass is 10.1. The van der Waals surface area contributed by atoms with Crippen LogP contribution in [0.25, 0.3) is 0 Å². The molecule has 1 aromatic carbocycles. The standard InChI is InChI=1S/C16H13N3O5/c1-8-6-11(8)14-17-12(23-18-14)7-13(20)24-19-15(21)9-4-2-3-5-10(9)16(19)22/h2-5,8,11H,6-7H2,1H3. The van der Waals surface area contributed by atoms with E-state index in [2.05, 4.69) is 17.1 Å². The fourth-order valence-corrected chi connectivity index (χ4v) is 2.68. The number of amides is 2. The molecule has 2 aliphatic rings. The van der Waals surface area contributed by atoms with Gasteiger partial charge in [0.15, 0.2) is 5.82 Å². The number of hydrogen-bond acceptors (Lipinski definition) is 7. The molecule has 2 atom stereocenters. The highest BCUT2D eigenvalue weighted by molar-refractivity contribution is 6.20. The van der Waals surface area contributed by atoms with Crippen molar-refractivity contribution in [3.8, 4) is 0 Å². The Bertz CT molecular complexity index is 824. The van der Waals surface area contributed by atoms with Gasteiger partial charge in [0.1, 0.15) is 6.42 Å². The first-order valence-corrected chi connectivity index (χ1v) is 7.55. The molecule has 24 heavy (non-hydrogen) atoms. The molecule has 2 aromatic rings. The molecule has 4 rings (SSSR count). The van der Waals surface area contributed by atoms with Crippen LogP contribution in [0.2, 0.25) is 0 Å². The molecule has 8 nitrogen and oxygen atoms in total. The topological polar surface area (TPSA) is 103 Å². The van der Waals surface area contributed by atoms with Gasteiger partial charge in [-0.25, -0.2) is 4.79 Å². The van der Waals surface area contributed by atoms with Crippen molar-refractivity contribution >= 4 is 17.8 Å². The zero-order valence-electron chi connectivity index (χ0n) is 12.8. The van der Waals surface area contributed by atoms with Crippen molar-refractivity contribution in [2.45, 2.75) is 25.7 Å². The number of aromatic nitrogens is 2. The number of carbonyl (C=O) groups excluding carboxylic acids is 3. The lowest BCUT2D eigenvalue weighted by Crippen LogP contribution is -2.33. The third-order valence-corrected chi connectivity index (χ3v) is 4.17. The maximum atomic E-state index is 12.1. The average molecular weight is 327 g/mol. The maximum Gasteiger partial charge on any atom is 0.342 e. The van der Waals surface area contributed by atoms with Crippen molar-refractivity contribution in [2.24, 2.45) is 5.92 Å². The third kappa shape index (κ3) is 2.36. The second kappa shape index (κ2) is 5.26. The largest absolute Gasteiger partial charge is 0.342 e. The molecular formula is C16H13N3O5. The highest BCUT2D eigenvalue weighted by Gasteiger charge is 2.40. The quantitative estimate of drug-likeness (QED) is 0.784. The fraction of sp³-hybridized carbons (Fsp3) is 0.312. The van der Waals surface area contributed by atoms with E-state index in [4.69, 9.17) is 9.36 Å². The first kappa shape index (κ1) is 14.6. The predicted octanol–water partition coefficient (Wildman–Crippen LogP) is 1.49. The molecule has 0 spiro atoms. The van der Waals surface area contributed by atoms with E-state index in [-0.39, 0.29) is 29.4 Å². The van der Waals surface area contributed by atoms with Gasteiger partial charge in [-0.3, -0.25) is 9.59 Å². The Hall–Kier alpha value is -3.03. The number of carbonyl (C=O) groups is 3. The molecule has 0 bridgehead atoms. The highest BCUT2D eigenvalue weighted by Crippen LogP contribution is 2.45. The van der Waals surface area contributed by atoms with Crippen molar-refractivity contribution in [3.05, 3.63) is 47.1 Å². The summed E-state index contributed by atoms with van der Waals surface area (Å²) in [5.74, 6) is -0.681. The van der Waals surface area contributed by atoms with Crippen LogP contribution in [0.5, 0.6) is 0 Å². The summed E-state index contributed by atoms with van der Waals surface area (Å²) in [6, 6.07) is 6.28. The van der Waals surface area contributed by atoms with Crippen LogP contribution in [0.15, 0.2) is 28.8 Å². The normalized spacial score (nSPS) is 21.8. The van der Waals surface area contributed by atoms with Gasteiger partial charge in [0.2, 0.25) is 5.89 Å². The SMILES string of the molecule is CC1CC1c1noc(CC(=O)ON2C(=O)c3ccccc3C2=O)n1.